The summed E-state index contributed by atoms with van der Waals surface area (Å²) in [4.78, 5) is 29.0. The fraction of sp³-hybridized carbons (Fsp3) is 0.500. The van der Waals surface area contributed by atoms with Crippen molar-refractivity contribution in [3.63, 3.8) is 0 Å². The molecule has 0 aliphatic carbocycles. The summed E-state index contributed by atoms with van der Waals surface area (Å²) in [5.41, 5.74) is 1.26. The first-order valence-electron chi connectivity index (χ1n) is 10.1. The number of nitrogens with zero attached hydrogens (tertiary/aromatic N) is 6. The monoisotopic (exact) mass is 396 g/mol. The van der Waals surface area contributed by atoms with Gasteiger partial charge < -0.3 is 13.9 Å². The maximum atomic E-state index is 12.8. The van der Waals surface area contributed by atoms with E-state index >= 15 is 0 Å². The van der Waals surface area contributed by atoms with Crippen LogP contribution in [0.15, 0.2) is 33.5 Å². The lowest BCUT2D eigenvalue weighted by molar-refractivity contribution is -0.133. The van der Waals surface area contributed by atoms with E-state index in [0.29, 0.717) is 43.3 Å². The van der Waals surface area contributed by atoms with Crippen molar-refractivity contribution in [2.75, 3.05) is 20.1 Å². The number of aromatic nitrogens is 4. The second kappa shape index (κ2) is 7.14. The quantitative estimate of drug-likeness (QED) is 0.662. The molecule has 1 atom stereocenters. The molecule has 9 nitrogen and oxygen atoms in total. The lowest BCUT2D eigenvalue weighted by atomic mass is 10.2. The molecule has 0 bridgehead atoms. The van der Waals surface area contributed by atoms with Gasteiger partial charge in [-0.1, -0.05) is 12.1 Å². The van der Waals surface area contributed by atoms with E-state index in [4.69, 9.17) is 4.42 Å². The van der Waals surface area contributed by atoms with Crippen LogP contribution >= 0.6 is 0 Å². The van der Waals surface area contributed by atoms with Gasteiger partial charge in [0.2, 0.25) is 5.91 Å². The van der Waals surface area contributed by atoms with Gasteiger partial charge in [0.15, 0.2) is 17.2 Å². The number of para-hydroxylation sites is 2. The number of carbonyl (C=O) groups is 1. The number of amides is 1. The Morgan fingerprint density at radius 2 is 2.07 bits per heavy atom. The topological polar surface area (TPSA) is 89.4 Å². The minimum Gasteiger partial charge on any atom is -0.408 e. The predicted molar refractivity (Wildman–Crippen MR) is 105 cm³/mol. The van der Waals surface area contributed by atoms with E-state index in [9.17, 15) is 9.59 Å². The Morgan fingerprint density at radius 3 is 2.90 bits per heavy atom. The standard InChI is InChI=1S/C20H24N6O3/c1-23-9-4-6-15(23)19-22-21-17-13-24(11-12-26(17)19)18(27)8-10-25-14-5-2-3-7-16(14)29-20(25)28/h2-3,5,7,15H,4,6,8-13H2,1H3/t15-/m0/s1. The van der Waals surface area contributed by atoms with Crippen LogP contribution in [0.4, 0.5) is 0 Å². The molecule has 4 heterocycles. The number of likely N-dealkylation sites (tertiary alicyclic amines) is 1. The maximum absolute atomic E-state index is 12.8. The van der Waals surface area contributed by atoms with Gasteiger partial charge in [0.05, 0.1) is 18.1 Å². The smallest absolute Gasteiger partial charge is 0.408 e. The Labute approximate surface area is 167 Å². The molecule has 9 heteroatoms. The van der Waals surface area contributed by atoms with Crippen molar-refractivity contribution < 1.29 is 9.21 Å². The highest BCUT2D eigenvalue weighted by molar-refractivity contribution is 5.77. The van der Waals surface area contributed by atoms with Gasteiger partial charge in [0.1, 0.15) is 0 Å². The summed E-state index contributed by atoms with van der Waals surface area (Å²) in [5.74, 6) is 1.44. The molecular weight excluding hydrogens is 372 g/mol. The maximum Gasteiger partial charge on any atom is 0.419 e. The molecule has 3 aromatic rings. The summed E-state index contributed by atoms with van der Waals surface area (Å²) < 4.78 is 8.93. The van der Waals surface area contributed by atoms with Crippen molar-refractivity contribution in [1.82, 2.24) is 29.1 Å². The lowest BCUT2D eigenvalue weighted by Gasteiger charge is -2.29. The third kappa shape index (κ3) is 3.15. The first-order chi connectivity index (χ1) is 14.1. The Hall–Kier alpha value is -2.94. The normalized spacial score (nSPS) is 19.8. The molecule has 1 fully saturated rings. The number of fused-ring (bicyclic) bond motifs is 2. The number of hydrogen-bond donors (Lipinski definition) is 0. The molecule has 29 heavy (non-hydrogen) atoms. The number of hydrogen-bond acceptors (Lipinski definition) is 6. The van der Waals surface area contributed by atoms with E-state index in [1.54, 1.807) is 11.0 Å². The van der Waals surface area contributed by atoms with Crippen LogP contribution in [-0.2, 0) is 24.4 Å². The van der Waals surface area contributed by atoms with Crippen LogP contribution in [0, 0.1) is 0 Å². The van der Waals surface area contributed by atoms with Crippen LogP contribution < -0.4 is 5.76 Å². The summed E-state index contributed by atoms with van der Waals surface area (Å²) in [6, 6.07) is 7.58. The third-order valence-corrected chi connectivity index (χ3v) is 6.08. The Bertz CT molecular complexity index is 1110. The van der Waals surface area contributed by atoms with Crippen molar-refractivity contribution >= 4 is 17.0 Å². The van der Waals surface area contributed by atoms with Crippen LogP contribution in [-0.4, -0.2) is 55.2 Å². The lowest BCUT2D eigenvalue weighted by Crippen LogP contribution is -2.39. The van der Waals surface area contributed by atoms with Crippen LogP contribution in [0.2, 0.25) is 0 Å². The molecule has 2 aromatic heterocycles. The van der Waals surface area contributed by atoms with Crippen molar-refractivity contribution in [2.24, 2.45) is 0 Å². The van der Waals surface area contributed by atoms with Gasteiger partial charge in [-0.2, -0.15) is 0 Å². The first kappa shape index (κ1) is 18.1. The molecule has 2 aliphatic heterocycles. The first-order valence-corrected chi connectivity index (χ1v) is 10.1. The highest BCUT2D eigenvalue weighted by Crippen LogP contribution is 2.30. The van der Waals surface area contributed by atoms with Crippen LogP contribution in [0.3, 0.4) is 0 Å². The molecule has 1 saturated heterocycles. The van der Waals surface area contributed by atoms with Gasteiger partial charge in [-0.15, -0.1) is 10.2 Å². The average molecular weight is 396 g/mol. The molecule has 0 saturated carbocycles. The third-order valence-electron chi connectivity index (χ3n) is 6.08. The summed E-state index contributed by atoms with van der Waals surface area (Å²) in [7, 11) is 2.12. The Balaban J connectivity index is 1.27. The summed E-state index contributed by atoms with van der Waals surface area (Å²) in [6.07, 6.45) is 2.52. The fourth-order valence-electron chi connectivity index (χ4n) is 4.47. The predicted octanol–water partition coefficient (Wildman–Crippen LogP) is 1.39. The van der Waals surface area contributed by atoms with E-state index in [-0.39, 0.29) is 12.3 Å². The van der Waals surface area contributed by atoms with Crippen molar-refractivity contribution in [3.05, 3.63) is 46.5 Å². The highest BCUT2D eigenvalue weighted by Gasteiger charge is 2.31. The summed E-state index contributed by atoms with van der Waals surface area (Å²) in [5, 5.41) is 8.79. The molecule has 0 spiro atoms. The van der Waals surface area contributed by atoms with E-state index < -0.39 is 5.76 Å². The van der Waals surface area contributed by atoms with Crippen molar-refractivity contribution in [1.29, 1.82) is 0 Å². The van der Waals surface area contributed by atoms with E-state index in [2.05, 4.69) is 26.7 Å². The van der Waals surface area contributed by atoms with Crippen LogP contribution in [0.25, 0.3) is 11.1 Å². The molecule has 1 amide bonds. The van der Waals surface area contributed by atoms with Gasteiger partial charge in [0.25, 0.3) is 0 Å². The molecular formula is C20H24N6O3. The minimum absolute atomic E-state index is 0.0102. The van der Waals surface area contributed by atoms with Gasteiger partial charge >= 0.3 is 5.76 Å². The molecule has 0 N–H and O–H groups in total. The molecule has 2 aliphatic rings. The van der Waals surface area contributed by atoms with Crippen LogP contribution in [0.1, 0.15) is 37.0 Å². The summed E-state index contributed by atoms with van der Waals surface area (Å²) >= 11 is 0. The van der Waals surface area contributed by atoms with Crippen molar-refractivity contribution in [3.8, 4) is 0 Å². The Morgan fingerprint density at radius 1 is 1.21 bits per heavy atom. The number of rotatable bonds is 4. The van der Waals surface area contributed by atoms with Crippen molar-refractivity contribution in [2.45, 2.75) is 44.9 Å². The van der Waals surface area contributed by atoms with Gasteiger partial charge in [0, 0.05) is 26.1 Å². The second-order valence-corrected chi connectivity index (χ2v) is 7.82. The van der Waals surface area contributed by atoms with Gasteiger partial charge in [-0.05, 0) is 38.6 Å². The molecule has 1 aromatic carbocycles. The zero-order chi connectivity index (χ0) is 20.0. The molecule has 5 rings (SSSR count). The van der Waals surface area contributed by atoms with E-state index in [1.165, 1.54) is 11.0 Å². The second-order valence-electron chi connectivity index (χ2n) is 7.82. The minimum atomic E-state index is -0.428. The zero-order valence-electron chi connectivity index (χ0n) is 16.5. The fourth-order valence-corrected chi connectivity index (χ4v) is 4.47. The number of aryl methyl sites for hydroxylation is 1. The van der Waals surface area contributed by atoms with Gasteiger partial charge in [-0.25, -0.2) is 4.79 Å². The Kier molecular flexibility index (Phi) is 4.46. The SMILES string of the molecule is CN1CCC[C@H]1c1nnc2n1CCN(C(=O)CCn1c(=O)oc3ccccc31)C2. The number of carbonyl (C=O) groups excluding carboxylic acids is 1. The van der Waals surface area contributed by atoms with E-state index in [0.717, 1.165) is 24.6 Å². The highest BCUT2D eigenvalue weighted by atomic mass is 16.4. The van der Waals surface area contributed by atoms with Gasteiger partial charge in [-0.3, -0.25) is 14.3 Å². The molecule has 152 valence electrons. The molecule has 0 unspecified atom stereocenters. The number of oxazole rings is 1. The number of benzene rings is 1. The largest absolute Gasteiger partial charge is 0.419 e. The molecule has 0 radical (unpaired) electrons. The van der Waals surface area contributed by atoms with E-state index in [1.807, 2.05) is 18.2 Å². The van der Waals surface area contributed by atoms with Crippen LogP contribution in [0.5, 0.6) is 0 Å². The average Bonchev–Trinajstić information content (AvgIpc) is 3.41. The summed E-state index contributed by atoms with van der Waals surface area (Å²) in [6.45, 7) is 3.19. The zero-order valence-corrected chi connectivity index (χ0v) is 16.5.